The van der Waals surface area contributed by atoms with Gasteiger partial charge in [0.2, 0.25) is 0 Å². The van der Waals surface area contributed by atoms with Crippen molar-refractivity contribution in [3.63, 3.8) is 0 Å². The van der Waals surface area contributed by atoms with E-state index in [0.29, 0.717) is 5.69 Å². The van der Waals surface area contributed by atoms with E-state index in [9.17, 15) is 13.2 Å². The van der Waals surface area contributed by atoms with Gasteiger partial charge in [-0.1, -0.05) is 0 Å². The Morgan fingerprint density at radius 3 is 2.24 bits per heavy atom. The first-order chi connectivity index (χ1) is 11.7. The summed E-state index contributed by atoms with van der Waals surface area (Å²) in [6.45, 7) is 1.57. The molecule has 136 valence electrons. The van der Waals surface area contributed by atoms with Crippen molar-refractivity contribution >= 4 is 21.7 Å². The lowest BCUT2D eigenvalue weighted by atomic mass is 10.1. The number of benzene rings is 1. The Labute approximate surface area is 145 Å². The predicted octanol–water partition coefficient (Wildman–Crippen LogP) is 1.33. The van der Waals surface area contributed by atoms with E-state index < -0.39 is 16.0 Å². The minimum absolute atomic E-state index is 0.000556. The smallest absolute Gasteiger partial charge is 0.340 e. The van der Waals surface area contributed by atoms with Gasteiger partial charge in [0, 0.05) is 25.4 Å². The summed E-state index contributed by atoms with van der Waals surface area (Å²) in [7, 11) is 1.65. The predicted molar refractivity (Wildman–Crippen MR) is 89.6 cm³/mol. The molecular formula is C15H19N3O6S. The Balaban J connectivity index is 2.57. The number of hydrogen-bond donors (Lipinski definition) is 1. The van der Waals surface area contributed by atoms with Crippen LogP contribution in [0.25, 0.3) is 0 Å². The zero-order valence-corrected chi connectivity index (χ0v) is 15.3. The number of aromatic nitrogens is 2. The van der Waals surface area contributed by atoms with Crippen LogP contribution in [0.2, 0.25) is 0 Å². The summed E-state index contributed by atoms with van der Waals surface area (Å²) in [5, 5.41) is 4.01. The van der Waals surface area contributed by atoms with Gasteiger partial charge in [-0.2, -0.15) is 5.10 Å². The lowest BCUT2D eigenvalue weighted by molar-refractivity contribution is 0.0601. The van der Waals surface area contributed by atoms with Crippen LogP contribution in [-0.2, 0) is 21.8 Å². The minimum atomic E-state index is -3.97. The summed E-state index contributed by atoms with van der Waals surface area (Å²) in [5.74, 6) is -0.194. The number of esters is 1. The number of ether oxygens (including phenoxy) is 3. The second-order valence-corrected chi connectivity index (χ2v) is 6.75. The standard InChI is InChI=1S/C15H19N3O6S/c1-9-14(8-18(2)16-9)25(20,21)17-11-7-13(23-4)12(22-3)6-10(11)15(19)24-5/h6-8,17H,1-5H3. The van der Waals surface area contributed by atoms with Gasteiger partial charge in [-0.15, -0.1) is 0 Å². The molecule has 0 bridgehead atoms. The van der Waals surface area contributed by atoms with E-state index in [1.807, 2.05) is 0 Å². The Kier molecular flexibility index (Phi) is 5.21. The lowest BCUT2D eigenvalue weighted by Gasteiger charge is -2.15. The van der Waals surface area contributed by atoms with Gasteiger partial charge in [0.25, 0.3) is 10.0 Å². The highest BCUT2D eigenvalue weighted by atomic mass is 32.2. The van der Waals surface area contributed by atoms with Gasteiger partial charge in [-0.05, 0) is 6.92 Å². The molecule has 0 aliphatic carbocycles. The maximum absolute atomic E-state index is 12.7. The highest BCUT2D eigenvalue weighted by molar-refractivity contribution is 7.92. The normalized spacial score (nSPS) is 11.1. The van der Waals surface area contributed by atoms with Crippen molar-refractivity contribution in [2.75, 3.05) is 26.1 Å². The maximum Gasteiger partial charge on any atom is 0.340 e. The minimum Gasteiger partial charge on any atom is -0.493 e. The van der Waals surface area contributed by atoms with Crippen molar-refractivity contribution < 1.29 is 27.4 Å². The molecule has 2 aromatic rings. The largest absolute Gasteiger partial charge is 0.493 e. The summed E-state index contributed by atoms with van der Waals surface area (Å²) in [6, 6.07) is 2.70. The molecule has 0 saturated heterocycles. The molecule has 0 aliphatic heterocycles. The number of carbonyl (C=O) groups excluding carboxylic acids is 1. The Hall–Kier alpha value is -2.75. The Bertz CT molecular complexity index is 904. The van der Waals surface area contributed by atoms with Crippen LogP contribution in [0.1, 0.15) is 16.1 Å². The monoisotopic (exact) mass is 369 g/mol. The van der Waals surface area contributed by atoms with Crippen LogP contribution in [0.15, 0.2) is 23.2 Å². The van der Waals surface area contributed by atoms with E-state index in [4.69, 9.17) is 14.2 Å². The molecule has 2 rings (SSSR count). The van der Waals surface area contributed by atoms with Gasteiger partial charge in [0.1, 0.15) is 4.90 Å². The zero-order chi connectivity index (χ0) is 18.8. The van der Waals surface area contributed by atoms with Crippen molar-refractivity contribution in [2.24, 2.45) is 7.05 Å². The molecule has 1 heterocycles. The number of sulfonamides is 1. The topological polar surface area (TPSA) is 109 Å². The molecular weight excluding hydrogens is 350 g/mol. The van der Waals surface area contributed by atoms with Crippen LogP contribution < -0.4 is 14.2 Å². The summed E-state index contributed by atoms with van der Waals surface area (Å²) in [6.07, 6.45) is 1.37. The second-order valence-electron chi connectivity index (χ2n) is 5.10. The first-order valence-corrected chi connectivity index (χ1v) is 8.59. The fourth-order valence-corrected chi connectivity index (χ4v) is 3.57. The van der Waals surface area contributed by atoms with Gasteiger partial charge in [0.15, 0.2) is 11.5 Å². The molecule has 9 nitrogen and oxygen atoms in total. The number of rotatable bonds is 6. The van der Waals surface area contributed by atoms with Crippen LogP contribution in [0.3, 0.4) is 0 Å². The number of methoxy groups -OCH3 is 3. The molecule has 10 heteroatoms. The van der Waals surface area contributed by atoms with E-state index >= 15 is 0 Å². The van der Waals surface area contributed by atoms with E-state index in [0.717, 1.165) is 0 Å². The van der Waals surface area contributed by atoms with E-state index in [-0.39, 0.29) is 27.6 Å². The molecule has 0 spiro atoms. The third-order valence-electron chi connectivity index (χ3n) is 3.43. The van der Waals surface area contributed by atoms with Gasteiger partial charge < -0.3 is 14.2 Å². The van der Waals surface area contributed by atoms with Crippen LogP contribution in [0.4, 0.5) is 5.69 Å². The molecule has 0 amide bonds. The number of carbonyl (C=O) groups is 1. The summed E-state index contributed by atoms with van der Waals surface area (Å²) in [5.41, 5.74) is 0.327. The van der Waals surface area contributed by atoms with Gasteiger partial charge in [-0.25, -0.2) is 13.2 Å². The molecule has 1 N–H and O–H groups in total. The molecule has 0 aliphatic rings. The van der Waals surface area contributed by atoms with Crippen molar-refractivity contribution in [1.82, 2.24) is 9.78 Å². The van der Waals surface area contributed by atoms with Crippen LogP contribution in [0, 0.1) is 6.92 Å². The van der Waals surface area contributed by atoms with Crippen molar-refractivity contribution in [1.29, 1.82) is 0 Å². The van der Waals surface area contributed by atoms with Gasteiger partial charge in [0.05, 0.1) is 38.3 Å². The molecule has 0 unspecified atom stereocenters. The van der Waals surface area contributed by atoms with Crippen molar-refractivity contribution in [3.05, 3.63) is 29.6 Å². The molecule has 25 heavy (non-hydrogen) atoms. The van der Waals surface area contributed by atoms with E-state index in [1.54, 1.807) is 14.0 Å². The number of nitrogens with zero attached hydrogens (tertiary/aromatic N) is 2. The average molecular weight is 369 g/mol. The molecule has 0 atom stereocenters. The van der Waals surface area contributed by atoms with Crippen LogP contribution >= 0.6 is 0 Å². The first kappa shape index (κ1) is 18.6. The summed E-state index contributed by atoms with van der Waals surface area (Å²) >= 11 is 0. The number of aryl methyl sites for hydroxylation is 2. The molecule has 1 aromatic carbocycles. The maximum atomic E-state index is 12.7. The third kappa shape index (κ3) is 3.68. The quantitative estimate of drug-likeness (QED) is 0.765. The summed E-state index contributed by atoms with van der Waals surface area (Å²) < 4.78 is 44.1. The molecule has 1 aromatic heterocycles. The second kappa shape index (κ2) is 7.01. The lowest BCUT2D eigenvalue weighted by Crippen LogP contribution is -2.17. The van der Waals surface area contributed by atoms with Gasteiger partial charge in [-0.3, -0.25) is 9.40 Å². The highest BCUT2D eigenvalue weighted by Gasteiger charge is 2.25. The zero-order valence-electron chi connectivity index (χ0n) is 14.5. The molecule has 0 radical (unpaired) electrons. The Morgan fingerprint density at radius 1 is 1.16 bits per heavy atom. The number of hydrogen-bond acceptors (Lipinski definition) is 7. The average Bonchev–Trinajstić information content (AvgIpc) is 2.92. The first-order valence-electron chi connectivity index (χ1n) is 7.11. The fourth-order valence-electron chi connectivity index (χ4n) is 2.28. The SMILES string of the molecule is COC(=O)c1cc(OC)c(OC)cc1NS(=O)(=O)c1cn(C)nc1C. The Morgan fingerprint density at radius 2 is 1.76 bits per heavy atom. The highest BCUT2D eigenvalue weighted by Crippen LogP contribution is 2.34. The van der Waals surface area contributed by atoms with E-state index in [2.05, 4.69) is 9.82 Å². The molecule has 0 fully saturated rings. The summed E-state index contributed by atoms with van der Waals surface area (Å²) in [4.78, 5) is 12.0. The van der Waals surface area contributed by atoms with E-state index in [1.165, 1.54) is 44.3 Å². The third-order valence-corrected chi connectivity index (χ3v) is 4.90. The van der Waals surface area contributed by atoms with Crippen molar-refractivity contribution in [2.45, 2.75) is 11.8 Å². The molecule has 0 saturated carbocycles. The van der Waals surface area contributed by atoms with Crippen LogP contribution in [-0.4, -0.2) is 45.5 Å². The fraction of sp³-hybridized carbons (Fsp3) is 0.333. The van der Waals surface area contributed by atoms with Gasteiger partial charge >= 0.3 is 5.97 Å². The number of nitrogens with one attached hydrogen (secondary N) is 1. The van der Waals surface area contributed by atoms with Crippen LogP contribution in [0.5, 0.6) is 11.5 Å². The number of anilines is 1. The van der Waals surface area contributed by atoms with Crippen molar-refractivity contribution in [3.8, 4) is 11.5 Å².